The number of methoxy groups -OCH3 is 1. The second-order valence-corrected chi connectivity index (χ2v) is 6.80. The van der Waals surface area contributed by atoms with Gasteiger partial charge in [0, 0.05) is 39.1 Å². The molecule has 2 amide bonds. The maximum absolute atomic E-state index is 12.6. The Bertz CT molecular complexity index is 840. The van der Waals surface area contributed by atoms with Gasteiger partial charge in [0.25, 0.3) is 0 Å². The number of urea groups is 1. The van der Waals surface area contributed by atoms with Gasteiger partial charge in [-0.1, -0.05) is 12.1 Å². The molecule has 8 nitrogen and oxygen atoms in total. The first-order chi connectivity index (χ1) is 13.0. The van der Waals surface area contributed by atoms with E-state index in [-0.39, 0.29) is 17.6 Å². The van der Waals surface area contributed by atoms with Crippen molar-refractivity contribution in [2.45, 2.75) is 38.8 Å². The number of amides is 2. The van der Waals surface area contributed by atoms with Crippen molar-refractivity contribution in [1.29, 1.82) is 0 Å². The highest BCUT2D eigenvalue weighted by Crippen LogP contribution is 2.25. The van der Waals surface area contributed by atoms with Crippen molar-refractivity contribution in [1.82, 2.24) is 24.6 Å². The average molecular weight is 373 g/mol. The summed E-state index contributed by atoms with van der Waals surface area (Å²) in [6, 6.07) is 7.54. The third kappa shape index (κ3) is 4.15. The molecule has 146 valence electrons. The molecule has 8 heteroatoms. The molecular weight excluding hydrogens is 346 g/mol. The summed E-state index contributed by atoms with van der Waals surface area (Å²) in [6.45, 7) is 4.28. The molecule has 0 spiro atoms. The molecular formula is C19H27N5O3. The van der Waals surface area contributed by atoms with Gasteiger partial charge in [-0.05, 0) is 37.5 Å². The Balaban J connectivity index is 1.62. The SMILES string of the molecule is CCn1c(C2CCCN(C(=O)NCc3ccc(OC)cc3)C2)nn(C)c1=O. The summed E-state index contributed by atoms with van der Waals surface area (Å²) < 4.78 is 8.22. The van der Waals surface area contributed by atoms with Crippen LogP contribution in [0.15, 0.2) is 29.1 Å². The van der Waals surface area contributed by atoms with Crippen LogP contribution in [0.3, 0.4) is 0 Å². The molecule has 1 aliphatic heterocycles. The fourth-order valence-corrected chi connectivity index (χ4v) is 3.53. The van der Waals surface area contributed by atoms with E-state index in [0.29, 0.717) is 26.2 Å². The first-order valence-electron chi connectivity index (χ1n) is 9.33. The Morgan fingerprint density at radius 3 is 2.74 bits per heavy atom. The van der Waals surface area contributed by atoms with E-state index in [1.807, 2.05) is 36.1 Å². The van der Waals surface area contributed by atoms with Crippen LogP contribution in [0.25, 0.3) is 0 Å². The summed E-state index contributed by atoms with van der Waals surface area (Å²) in [7, 11) is 3.29. The number of benzene rings is 1. The highest BCUT2D eigenvalue weighted by atomic mass is 16.5. The van der Waals surface area contributed by atoms with Crippen LogP contribution < -0.4 is 15.7 Å². The molecule has 1 atom stereocenters. The predicted octanol–water partition coefficient (Wildman–Crippen LogP) is 1.70. The summed E-state index contributed by atoms with van der Waals surface area (Å²) in [5.74, 6) is 1.65. The van der Waals surface area contributed by atoms with E-state index < -0.39 is 0 Å². The quantitative estimate of drug-likeness (QED) is 0.865. The molecule has 1 aromatic carbocycles. The largest absolute Gasteiger partial charge is 0.497 e. The van der Waals surface area contributed by atoms with E-state index in [2.05, 4.69) is 10.4 Å². The van der Waals surface area contributed by atoms with Crippen LogP contribution in [0.5, 0.6) is 5.75 Å². The van der Waals surface area contributed by atoms with Crippen LogP contribution in [-0.2, 0) is 20.1 Å². The van der Waals surface area contributed by atoms with Gasteiger partial charge in [-0.2, -0.15) is 5.10 Å². The minimum Gasteiger partial charge on any atom is -0.497 e. The number of nitrogens with zero attached hydrogens (tertiary/aromatic N) is 4. The number of piperidine rings is 1. The topological polar surface area (TPSA) is 81.4 Å². The monoisotopic (exact) mass is 373 g/mol. The van der Waals surface area contributed by atoms with Gasteiger partial charge >= 0.3 is 11.7 Å². The fraction of sp³-hybridized carbons (Fsp3) is 0.526. The van der Waals surface area contributed by atoms with E-state index in [9.17, 15) is 9.59 Å². The van der Waals surface area contributed by atoms with Gasteiger partial charge in [-0.15, -0.1) is 0 Å². The van der Waals surface area contributed by atoms with Crippen molar-refractivity contribution in [3.05, 3.63) is 46.1 Å². The number of aromatic nitrogens is 3. The van der Waals surface area contributed by atoms with Crippen LogP contribution in [0.1, 0.15) is 37.1 Å². The van der Waals surface area contributed by atoms with Crippen molar-refractivity contribution in [2.24, 2.45) is 7.05 Å². The van der Waals surface area contributed by atoms with Gasteiger partial charge in [0.1, 0.15) is 11.6 Å². The zero-order valence-corrected chi connectivity index (χ0v) is 16.1. The summed E-state index contributed by atoms with van der Waals surface area (Å²) in [4.78, 5) is 26.6. The third-order valence-corrected chi connectivity index (χ3v) is 5.03. The van der Waals surface area contributed by atoms with Crippen molar-refractivity contribution in [3.63, 3.8) is 0 Å². The van der Waals surface area contributed by atoms with Crippen LogP contribution >= 0.6 is 0 Å². The Labute approximate surface area is 158 Å². The lowest BCUT2D eigenvalue weighted by atomic mass is 9.97. The number of carbonyl (C=O) groups is 1. The number of hydrogen-bond acceptors (Lipinski definition) is 4. The first kappa shape index (κ1) is 19.0. The molecule has 1 saturated heterocycles. The van der Waals surface area contributed by atoms with Gasteiger partial charge in [-0.25, -0.2) is 14.3 Å². The molecule has 1 fully saturated rings. The number of ether oxygens (including phenoxy) is 1. The minimum atomic E-state index is -0.103. The number of carbonyl (C=O) groups excluding carboxylic acids is 1. The average Bonchev–Trinajstić information content (AvgIpc) is 3.00. The van der Waals surface area contributed by atoms with Gasteiger partial charge in [0.15, 0.2) is 0 Å². The van der Waals surface area contributed by atoms with E-state index in [4.69, 9.17) is 4.74 Å². The summed E-state index contributed by atoms with van der Waals surface area (Å²) >= 11 is 0. The van der Waals surface area contributed by atoms with Crippen molar-refractivity contribution >= 4 is 6.03 Å². The number of hydrogen-bond donors (Lipinski definition) is 1. The van der Waals surface area contributed by atoms with Gasteiger partial charge in [0.05, 0.1) is 7.11 Å². The van der Waals surface area contributed by atoms with Crippen molar-refractivity contribution in [3.8, 4) is 5.75 Å². The van der Waals surface area contributed by atoms with Crippen LogP contribution in [0.2, 0.25) is 0 Å². The normalized spacial score (nSPS) is 17.0. The van der Waals surface area contributed by atoms with Crippen LogP contribution in [0.4, 0.5) is 4.79 Å². The van der Waals surface area contributed by atoms with Crippen LogP contribution in [0, 0.1) is 0 Å². The molecule has 0 aliphatic carbocycles. The molecule has 2 heterocycles. The fourth-order valence-electron chi connectivity index (χ4n) is 3.53. The van der Waals surface area contributed by atoms with Crippen LogP contribution in [-0.4, -0.2) is 45.5 Å². The minimum absolute atomic E-state index is 0.0827. The molecule has 2 aromatic rings. The number of likely N-dealkylation sites (tertiary alicyclic amines) is 1. The summed E-state index contributed by atoms with van der Waals surface area (Å²) in [5, 5.41) is 7.38. The van der Waals surface area contributed by atoms with E-state index in [1.54, 1.807) is 18.7 Å². The molecule has 1 aliphatic rings. The number of nitrogens with one attached hydrogen (secondary N) is 1. The molecule has 27 heavy (non-hydrogen) atoms. The van der Waals surface area contributed by atoms with Gasteiger partial charge in [0.2, 0.25) is 0 Å². The van der Waals surface area contributed by atoms with Gasteiger partial charge in [-0.3, -0.25) is 4.57 Å². The smallest absolute Gasteiger partial charge is 0.345 e. The highest BCUT2D eigenvalue weighted by Gasteiger charge is 2.28. The molecule has 3 rings (SSSR count). The van der Waals surface area contributed by atoms with E-state index in [0.717, 1.165) is 30.0 Å². The molecule has 1 unspecified atom stereocenters. The standard InChI is InChI=1S/C19H27N5O3/c1-4-24-17(21-22(2)19(24)26)15-6-5-11-23(13-15)18(25)20-12-14-7-9-16(27-3)10-8-14/h7-10,15H,4-6,11-13H2,1-3H3,(H,20,25). The maximum atomic E-state index is 12.6. The Kier molecular flexibility index (Phi) is 5.83. The number of aryl methyl sites for hydroxylation is 1. The summed E-state index contributed by atoms with van der Waals surface area (Å²) in [6.07, 6.45) is 1.83. The van der Waals surface area contributed by atoms with Gasteiger partial charge < -0.3 is 15.0 Å². The lowest BCUT2D eigenvalue weighted by molar-refractivity contribution is 0.177. The first-order valence-corrected chi connectivity index (χ1v) is 9.33. The number of rotatable bonds is 5. The lowest BCUT2D eigenvalue weighted by Crippen LogP contribution is -2.45. The molecule has 0 radical (unpaired) electrons. The van der Waals surface area contributed by atoms with Crippen molar-refractivity contribution < 1.29 is 9.53 Å². The predicted molar refractivity (Wildman–Crippen MR) is 102 cm³/mol. The van der Waals surface area contributed by atoms with E-state index in [1.165, 1.54) is 4.68 Å². The Morgan fingerprint density at radius 1 is 1.33 bits per heavy atom. The highest BCUT2D eigenvalue weighted by molar-refractivity contribution is 5.74. The zero-order chi connectivity index (χ0) is 19.4. The molecule has 1 N–H and O–H groups in total. The Morgan fingerprint density at radius 2 is 2.07 bits per heavy atom. The maximum Gasteiger partial charge on any atom is 0.345 e. The third-order valence-electron chi connectivity index (χ3n) is 5.03. The second kappa shape index (κ2) is 8.28. The lowest BCUT2D eigenvalue weighted by Gasteiger charge is -2.32. The van der Waals surface area contributed by atoms with E-state index >= 15 is 0 Å². The molecule has 0 saturated carbocycles. The molecule has 1 aromatic heterocycles. The molecule has 0 bridgehead atoms. The Hall–Kier alpha value is -2.77. The summed E-state index contributed by atoms with van der Waals surface area (Å²) in [5.41, 5.74) is 0.913. The second-order valence-electron chi connectivity index (χ2n) is 6.80. The zero-order valence-electron chi connectivity index (χ0n) is 16.1. The van der Waals surface area contributed by atoms with Crippen molar-refractivity contribution in [2.75, 3.05) is 20.2 Å².